The number of ether oxygens (including phenoxy) is 1. The van der Waals surface area contributed by atoms with Gasteiger partial charge in [0.2, 0.25) is 0 Å². The summed E-state index contributed by atoms with van der Waals surface area (Å²) in [4.78, 5) is 23.2. The van der Waals surface area contributed by atoms with Gasteiger partial charge >= 0.3 is 11.9 Å². The van der Waals surface area contributed by atoms with Crippen LogP contribution in [-0.2, 0) is 14.3 Å². The SMILES string of the molecule is CCCCCCCC/C=C\CCCCCCCCCCCCCC(=O)OC(CCCCCCC)CCCCCCCCCC(=O)O. The lowest BCUT2D eigenvalue weighted by Crippen LogP contribution is -2.18. The lowest BCUT2D eigenvalue weighted by Gasteiger charge is -2.18. The van der Waals surface area contributed by atoms with Crippen molar-refractivity contribution >= 4 is 11.9 Å². The van der Waals surface area contributed by atoms with Gasteiger partial charge in [0.15, 0.2) is 0 Å². The number of esters is 1. The van der Waals surface area contributed by atoms with Crippen LogP contribution in [0.5, 0.6) is 0 Å². The number of allylic oxidation sites excluding steroid dienone is 2. The number of carbonyl (C=O) groups is 2. The zero-order chi connectivity index (χ0) is 33.6. The predicted octanol–water partition coefficient (Wildman–Crippen LogP) is 14.2. The van der Waals surface area contributed by atoms with Crippen molar-refractivity contribution in [2.75, 3.05) is 0 Å². The third-order valence-electron chi connectivity index (χ3n) is 9.49. The van der Waals surface area contributed by atoms with Crippen LogP contribution in [0.4, 0.5) is 0 Å². The van der Waals surface area contributed by atoms with E-state index in [0.717, 1.165) is 57.8 Å². The minimum absolute atomic E-state index is 0.0188. The van der Waals surface area contributed by atoms with Crippen LogP contribution < -0.4 is 0 Å². The summed E-state index contributed by atoms with van der Waals surface area (Å²) < 4.78 is 5.98. The van der Waals surface area contributed by atoms with E-state index in [0.29, 0.717) is 12.8 Å². The van der Waals surface area contributed by atoms with Gasteiger partial charge < -0.3 is 9.84 Å². The Morgan fingerprint density at radius 3 is 1.17 bits per heavy atom. The molecule has 0 radical (unpaired) electrons. The molecule has 1 unspecified atom stereocenters. The summed E-state index contributed by atoms with van der Waals surface area (Å²) >= 11 is 0. The van der Waals surface area contributed by atoms with E-state index in [1.165, 1.54) is 154 Å². The van der Waals surface area contributed by atoms with Gasteiger partial charge in [0.05, 0.1) is 0 Å². The molecule has 0 spiro atoms. The standard InChI is InChI=1S/C42H80O4/c1-3-5-7-9-10-11-12-13-14-15-16-17-18-19-20-21-22-23-27-31-35-39-42(45)46-40(36-32-28-8-6-4-2)37-33-29-25-24-26-30-34-38-41(43)44/h13-14,40H,3-12,15-39H2,1-2H3,(H,43,44)/b14-13-. The van der Waals surface area contributed by atoms with E-state index in [2.05, 4.69) is 26.0 Å². The van der Waals surface area contributed by atoms with Crippen LogP contribution in [0.15, 0.2) is 12.2 Å². The maximum absolute atomic E-state index is 12.6. The summed E-state index contributed by atoms with van der Waals surface area (Å²) in [6.07, 6.45) is 46.9. The summed E-state index contributed by atoms with van der Waals surface area (Å²) in [6, 6.07) is 0. The van der Waals surface area contributed by atoms with Gasteiger partial charge in [0.25, 0.3) is 0 Å². The summed E-state index contributed by atoms with van der Waals surface area (Å²) in [6.45, 7) is 4.53. The van der Waals surface area contributed by atoms with E-state index >= 15 is 0 Å². The maximum atomic E-state index is 12.6. The summed E-state index contributed by atoms with van der Waals surface area (Å²) in [5, 5.41) is 8.74. The normalized spacial score (nSPS) is 12.2. The molecule has 1 N–H and O–H groups in total. The van der Waals surface area contributed by atoms with Crippen LogP contribution in [0, 0.1) is 0 Å². The minimum atomic E-state index is -0.686. The van der Waals surface area contributed by atoms with Crippen LogP contribution in [0.3, 0.4) is 0 Å². The van der Waals surface area contributed by atoms with E-state index in [1.54, 1.807) is 0 Å². The van der Waals surface area contributed by atoms with E-state index in [4.69, 9.17) is 9.84 Å². The van der Waals surface area contributed by atoms with Crippen molar-refractivity contribution in [1.82, 2.24) is 0 Å². The highest BCUT2D eigenvalue weighted by Crippen LogP contribution is 2.19. The van der Waals surface area contributed by atoms with E-state index in [1.807, 2.05) is 0 Å². The van der Waals surface area contributed by atoms with Crippen molar-refractivity contribution in [2.45, 2.75) is 245 Å². The summed E-state index contributed by atoms with van der Waals surface area (Å²) in [5.41, 5.74) is 0. The second-order valence-electron chi connectivity index (χ2n) is 14.2. The molecular formula is C42H80O4. The molecule has 0 rings (SSSR count). The van der Waals surface area contributed by atoms with Gasteiger partial charge in [-0.3, -0.25) is 9.59 Å². The molecule has 0 heterocycles. The highest BCUT2D eigenvalue weighted by molar-refractivity contribution is 5.69. The fraction of sp³-hybridized carbons (Fsp3) is 0.905. The fourth-order valence-corrected chi connectivity index (χ4v) is 6.42. The van der Waals surface area contributed by atoms with Gasteiger partial charge in [-0.1, -0.05) is 174 Å². The zero-order valence-electron chi connectivity index (χ0n) is 31.2. The molecule has 1 atom stereocenters. The smallest absolute Gasteiger partial charge is 0.306 e. The Kier molecular flexibility index (Phi) is 37.0. The van der Waals surface area contributed by atoms with Gasteiger partial charge in [-0.2, -0.15) is 0 Å². The third kappa shape index (κ3) is 37.1. The van der Waals surface area contributed by atoms with Gasteiger partial charge in [0, 0.05) is 12.8 Å². The molecule has 0 aromatic rings. The molecule has 0 bridgehead atoms. The Morgan fingerprint density at radius 1 is 0.457 bits per heavy atom. The first-order chi connectivity index (χ1) is 22.6. The fourth-order valence-electron chi connectivity index (χ4n) is 6.42. The number of aliphatic carboxylic acids is 1. The number of unbranched alkanes of at least 4 members (excludes halogenated alkanes) is 27. The van der Waals surface area contributed by atoms with E-state index < -0.39 is 5.97 Å². The molecule has 0 aromatic carbocycles. The molecule has 4 heteroatoms. The topological polar surface area (TPSA) is 63.6 Å². The number of rotatable bonds is 38. The third-order valence-corrected chi connectivity index (χ3v) is 9.49. The minimum Gasteiger partial charge on any atom is -0.481 e. The van der Waals surface area contributed by atoms with E-state index in [9.17, 15) is 9.59 Å². The monoisotopic (exact) mass is 649 g/mol. The van der Waals surface area contributed by atoms with Crippen LogP contribution in [0.1, 0.15) is 239 Å². The van der Waals surface area contributed by atoms with Gasteiger partial charge in [0.1, 0.15) is 6.10 Å². The quantitative estimate of drug-likeness (QED) is 0.0411. The molecule has 0 saturated carbocycles. The Bertz CT molecular complexity index is 658. The molecule has 0 aliphatic carbocycles. The van der Waals surface area contributed by atoms with Crippen molar-refractivity contribution in [3.05, 3.63) is 12.2 Å². The van der Waals surface area contributed by atoms with Gasteiger partial charge in [-0.25, -0.2) is 0 Å². The number of hydrogen-bond donors (Lipinski definition) is 1. The molecule has 0 aromatic heterocycles. The molecule has 4 nitrogen and oxygen atoms in total. The Hall–Kier alpha value is -1.32. The molecule has 0 saturated heterocycles. The first kappa shape index (κ1) is 44.7. The Morgan fingerprint density at radius 2 is 0.783 bits per heavy atom. The maximum Gasteiger partial charge on any atom is 0.306 e. The number of hydrogen-bond acceptors (Lipinski definition) is 3. The van der Waals surface area contributed by atoms with Crippen LogP contribution >= 0.6 is 0 Å². The number of carbonyl (C=O) groups excluding carboxylic acids is 1. The number of carboxylic acids is 1. The predicted molar refractivity (Wildman–Crippen MR) is 200 cm³/mol. The molecule has 0 aliphatic heterocycles. The molecule has 0 fully saturated rings. The first-order valence-electron chi connectivity index (χ1n) is 20.7. The van der Waals surface area contributed by atoms with Crippen LogP contribution in [0.2, 0.25) is 0 Å². The van der Waals surface area contributed by atoms with Crippen molar-refractivity contribution in [3.63, 3.8) is 0 Å². The highest BCUT2D eigenvalue weighted by atomic mass is 16.5. The summed E-state index contributed by atoms with van der Waals surface area (Å²) in [5.74, 6) is -0.667. The summed E-state index contributed by atoms with van der Waals surface area (Å²) in [7, 11) is 0. The second kappa shape index (κ2) is 38.1. The van der Waals surface area contributed by atoms with Gasteiger partial charge in [-0.05, 0) is 64.2 Å². The van der Waals surface area contributed by atoms with Crippen LogP contribution in [0.25, 0.3) is 0 Å². The molecule has 272 valence electrons. The largest absolute Gasteiger partial charge is 0.481 e. The van der Waals surface area contributed by atoms with Crippen molar-refractivity contribution in [2.24, 2.45) is 0 Å². The Balaban J connectivity index is 3.73. The lowest BCUT2D eigenvalue weighted by molar-refractivity contribution is -0.150. The molecule has 0 aliphatic rings. The molecule has 0 amide bonds. The van der Waals surface area contributed by atoms with Gasteiger partial charge in [-0.15, -0.1) is 0 Å². The van der Waals surface area contributed by atoms with E-state index in [-0.39, 0.29) is 12.1 Å². The van der Waals surface area contributed by atoms with Crippen LogP contribution in [-0.4, -0.2) is 23.1 Å². The first-order valence-corrected chi connectivity index (χ1v) is 20.7. The number of carboxylic acid groups (broad SMARTS) is 1. The average Bonchev–Trinajstić information content (AvgIpc) is 3.04. The highest BCUT2D eigenvalue weighted by Gasteiger charge is 2.14. The molecular weight excluding hydrogens is 568 g/mol. The molecule has 46 heavy (non-hydrogen) atoms. The second-order valence-corrected chi connectivity index (χ2v) is 14.2. The zero-order valence-corrected chi connectivity index (χ0v) is 31.2. The average molecular weight is 649 g/mol. The Labute approximate surface area is 287 Å². The van der Waals surface area contributed by atoms with Crippen molar-refractivity contribution in [1.29, 1.82) is 0 Å². The van der Waals surface area contributed by atoms with Crippen molar-refractivity contribution in [3.8, 4) is 0 Å². The van der Waals surface area contributed by atoms with Crippen molar-refractivity contribution < 1.29 is 19.4 Å². The lowest BCUT2D eigenvalue weighted by atomic mass is 10.0.